The number of halogens is 1. The standard InChI is InChI=1S/C29H31FN2O3/c1-4-26(29(34)31-23-12-9-19(3)10-13-23)35-24-14-11-20-15-16-32(27(33)5-2)28(25(20)18-24)21-7-6-8-22(30)17-21/h6-14,17-18,26,28H,4-5,15-16H2,1-3H3,(H,31,34)/t26-,28-/m1/s1. The van der Waals surface area contributed by atoms with E-state index in [9.17, 15) is 14.0 Å². The zero-order valence-corrected chi connectivity index (χ0v) is 20.4. The Bertz CT molecular complexity index is 1210. The van der Waals surface area contributed by atoms with Gasteiger partial charge in [0.15, 0.2) is 6.10 Å². The maximum atomic E-state index is 14.1. The van der Waals surface area contributed by atoms with Crippen molar-refractivity contribution >= 4 is 17.5 Å². The highest BCUT2D eigenvalue weighted by molar-refractivity contribution is 5.94. The quantitative estimate of drug-likeness (QED) is 0.470. The summed E-state index contributed by atoms with van der Waals surface area (Å²) in [7, 11) is 0. The summed E-state index contributed by atoms with van der Waals surface area (Å²) in [5.74, 6) is -0.00899. The van der Waals surface area contributed by atoms with Crippen molar-refractivity contribution in [1.82, 2.24) is 4.90 Å². The fourth-order valence-corrected chi connectivity index (χ4v) is 4.52. The molecule has 1 N–H and O–H groups in total. The van der Waals surface area contributed by atoms with Gasteiger partial charge in [-0.2, -0.15) is 0 Å². The second-order valence-corrected chi connectivity index (χ2v) is 8.88. The zero-order chi connectivity index (χ0) is 24.9. The van der Waals surface area contributed by atoms with Gasteiger partial charge in [-0.3, -0.25) is 9.59 Å². The number of rotatable bonds is 7. The molecule has 0 radical (unpaired) electrons. The van der Waals surface area contributed by atoms with Crippen molar-refractivity contribution in [3.05, 3.63) is 94.8 Å². The molecular formula is C29H31FN2O3. The molecule has 0 fully saturated rings. The number of nitrogens with zero attached hydrogens (tertiary/aromatic N) is 1. The SMILES string of the molecule is CCC(=O)N1CCc2ccc(O[C@H](CC)C(=O)Nc3ccc(C)cc3)cc2[C@H]1c1cccc(F)c1. The average molecular weight is 475 g/mol. The molecule has 2 atom stereocenters. The number of hydrogen-bond donors (Lipinski definition) is 1. The summed E-state index contributed by atoms with van der Waals surface area (Å²) in [6.45, 7) is 6.29. The Kier molecular flexibility index (Phi) is 7.49. The molecule has 0 aliphatic carbocycles. The van der Waals surface area contributed by atoms with Crippen molar-refractivity contribution in [3.63, 3.8) is 0 Å². The minimum atomic E-state index is -0.682. The molecule has 3 aromatic rings. The predicted molar refractivity (Wildman–Crippen MR) is 135 cm³/mol. The number of carbonyl (C=O) groups is 2. The molecule has 4 rings (SSSR count). The van der Waals surface area contributed by atoms with E-state index in [-0.39, 0.29) is 17.6 Å². The molecule has 182 valence electrons. The van der Waals surface area contributed by atoms with Crippen LogP contribution in [0.25, 0.3) is 0 Å². The molecule has 5 nitrogen and oxygen atoms in total. The number of ether oxygens (including phenoxy) is 1. The van der Waals surface area contributed by atoms with Crippen LogP contribution in [-0.2, 0) is 16.0 Å². The molecule has 3 aromatic carbocycles. The van der Waals surface area contributed by atoms with Crippen LogP contribution < -0.4 is 10.1 Å². The molecule has 1 aliphatic rings. The van der Waals surface area contributed by atoms with Gasteiger partial charge in [0.2, 0.25) is 5.91 Å². The second kappa shape index (κ2) is 10.7. The number of fused-ring (bicyclic) bond motifs is 1. The first-order valence-corrected chi connectivity index (χ1v) is 12.1. The summed E-state index contributed by atoms with van der Waals surface area (Å²) in [5.41, 5.74) is 4.53. The highest BCUT2D eigenvalue weighted by Gasteiger charge is 2.32. The van der Waals surface area contributed by atoms with Crippen LogP contribution in [-0.4, -0.2) is 29.4 Å². The minimum Gasteiger partial charge on any atom is -0.481 e. The average Bonchev–Trinajstić information content (AvgIpc) is 2.87. The second-order valence-electron chi connectivity index (χ2n) is 8.88. The number of hydrogen-bond acceptors (Lipinski definition) is 3. The Morgan fingerprint density at radius 2 is 1.86 bits per heavy atom. The summed E-state index contributed by atoms with van der Waals surface area (Å²) in [6.07, 6.45) is 0.883. The van der Waals surface area contributed by atoms with Gasteiger partial charge in [-0.25, -0.2) is 4.39 Å². The monoisotopic (exact) mass is 474 g/mol. The largest absolute Gasteiger partial charge is 0.481 e. The van der Waals surface area contributed by atoms with E-state index >= 15 is 0 Å². The summed E-state index contributed by atoms with van der Waals surface area (Å²) in [4.78, 5) is 27.5. The lowest BCUT2D eigenvalue weighted by Gasteiger charge is -2.38. The number of nitrogens with one attached hydrogen (secondary N) is 1. The molecular weight excluding hydrogens is 443 g/mol. The molecule has 6 heteroatoms. The third-order valence-corrected chi connectivity index (χ3v) is 6.39. The third kappa shape index (κ3) is 5.53. The van der Waals surface area contributed by atoms with Crippen LogP contribution in [0.1, 0.15) is 55.0 Å². The number of anilines is 1. The van der Waals surface area contributed by atoms with Gasteiger partial charge in [-0.1, -0.05) is 49.7 Å². The Hall–Kier alpha value is -3.67. The van der Waals surface area contributed by atoms with Crippen molar-refractivity contribution in [3.8, 4) is 5.75 Å². The Balaban J connectivity index is 1.62. The van der Waals surface area contributed by atoms with Crippen LogP contribution in [0.4, 0.5) is 10.1 Å². The van der Waals surface area contributed by atoms with Crippen LogP contribution in [0.5, 0.6) is 5.75 Å². The van der Waals surface area contributed by atoms with Gasteiger partial charge in [0, 0.05) is 18.7 Å². The molecule has 0 bridgehead atoms. The molecule has 0 aromatic heterocycles. The summed E-state index contributed by atoms with van der Waals surface area (Å²) >= 11 is 0. The van der Waals surface area contributed by atoms with E-state index in [2.05, 4.69) is 5.32 Å². The highest BCUT2D eigenvalue weighted by atomic mass is 19.1. The summed E-state index contributed by atoms with van der Waals surface area (Å²) in [6, 6.07) is 19.3. The maximum absolute atomic E-state index is 14.1. The number of aryl methyl sites for hydroxylation is 1. The maximum Gasteiger partial charge on any atom is 0.265 e. The number of carbonyl (C=O) groups excluding carboxylic acids is 2. The van der Waals surface area contributed by atoms with Crippen LogP contribution in [0, 0.1) is 12.7 Å². The zero-order valence-electron chi connectivity index (χ0n) is 20.4. The molecule has 1 heterocycles. The summed E-state index contributed by atoms with van der Waals surface area (Å²) < 4.78 is 20.3. The van der Waals surface area contributed by atoms with Crippen molar-refractivity contribution in [2.45, 2.75) is 52.2 Å². The van der Waals surface area contributed by atoms with Crippen molar-refractivity contribution in [1.29, 1.82) is 0 Å². The van der Waals surface area contributed by atoms with Crippen LogP contribution >= 0.6 is 0 Å². The third-order valence-electron chi connectivity index (χ3n) is 6.39. The van der Waals surface area contributed by atoms with Crippen LogP contribution in [0.3, 0.4) is 0 Å². The van der Waals surface area contributed by atoms with Gasteiger partial charge in [0.05, 0.1) is 6.04 Å². The first-order valence-electron chi connectivity index (χ1n) is 12.1. The fourth-order valence-electron chi connectivity index (χ4n) is 4.52. The Morgan fingerprint density at radius 3 is 2.54 bits per heavy atom. The van der Waals surface area contributed by atoms with Gasteiger partial charge >= 0.3 is 0 Å². The van der Waals surface area contributed by atoms with Crippen molar-refractivity contribution in [2.75, 3.05) is 11.9 Å². The Morgan fingerprint density at radius 1 is 1.09 bits per heavy atom. The van der Waals surface area contributed by atoms with Crippen molar-refractivity contribution < 1.29 is 18.7 Å². The van der Waals surface area contributed by atoms with Gasteiger partial charge in [-0.05, 0) is 72.9 Å². The fraction of sp³-hybridized carbons (Fsp3) is 0.310. The predicted octanol–water partition coefficient (Wildman–Crippen LogP) is 5.81. The molecule has 1 aliphatic heterocycles. The number of amides is 2. The van der Waals surface area contributed by atoms with Gasteiger partial charge in [0.25, 0.3) is 5.91 Å². The minimum absolute atomic E-state index is 0.0140. The van der Waals surface area contributed by atoms with E-state index in [0.717, 1.165) is 16.7 Å². The lowest BCUT2D eigenvalue weighted by Crippen LogP contribution is -2.40. The normalized spacial score (nSPS) is 15.8. The van der Waals surface area contributed by atoms with Gasteiger partial charge < -0.3 is 15.0 Å². The van der Waals surface area contributed by atoms with Gasteiger partial charge in [-0.15, -0.1) is 0 Å². The molecule has 0 unspecified atom stereocenters. The van der Waals surface area contributed by atoms with E-state index in [1.54, 1.807) is 6.07 Å². The van der Waals surface area contributed by atoms with Gasteiger partial charge in [0.1, 0.15) is 11.6 Å². The van der Waals surface area contributed by atoms with E-state index in [0.29, 0.717) is 42.8 Å². The Labute approximate surface area is 205 Å². The molecule has 2 amide bonds. The number of benzene rings is 3. The molecule has 0 saturated heterocycles. The smallest absolute Gasteiger partial charge is 0.265 e. The van der Waals surface area contributed by atoms with E-state index in [1.165, 1.54) is 12.1 Å². The van der Waals surface area contributed by atoms with E-state index in [4.69, 9.17) is 4.74 Å². The lowest BCUT2D eigenvalue weighted by atomic mass is 9.87. The lowest BCUT2D eigenvalue weighted by molar-refractivity contribution is -0.133. The van der Waals surface area contributed by atoms with E-state index in [1.807, 2.05) is 74.2 Å². The topological polar surface area (TPSA) is 58.6 Å². The molecule has 0 spiro atoms. The summed E-state index contributed by atoms with van der Waals surface area (Å²) in [5, 5.41) is 2.91. The van der Waals surface area contributed by atoms with Crippen LogP contribution in [0.15, 0.2) is 66.7 Å². The molecule has 35 heavy (non-hydrogen) atoms. The van der Waals surface area contributed by atoms with Crippen LogP contribution in [0.2, 0.25) is 0 Å². The molecule has 0 saturated carbocycles. The first kappa shape index (κ1) is 24.5. The highest BCUT2D eigenvalue weighted by Crippen LogP contribution is 2.38. The van der Waals surface area contributed by atoms with E-state index < -0.39 is 12.1 Å². The van der Waals surface area contributed by atoms with Crippen molar-refractivity contribution in [2.24, 2.45) is 0 Å². The first-order chi connectivity index (χ1) is 16.9.